The van der Waals surface area contributed by atoms with E-state index in [0.29, 0.717) is 25.1 Å². The number of pyridine rings is 1. The van der Waals surface area contributed by atoms with Crippen molar-refractivity contribution in [2.75, 3.05) is 6.54 Å². The Labute approximate surface area is 130 Å². The second kappa shape index (κ2) is 6.93. The summed E-state index contributed by atoms with van der Waals surface area (Å²) in [6.07, 6.45) is 1.77. The van der Waals surface area contributed by atoms with E-state index in [4.69, 9.17) is 4.74 Å². The largest absolute Gasteiger partial charge is 0.473 e. The van der Waals surface area contributed by atoms with Crippen LogP contribution in [0.3, 0.4) is 0 Å². The van der Waals surface area contributed by atoms with E-state index in [-0.39, 0.29) is 0 Å². The summed E-state index contributed by atoms with van der Waals surface area (Å²) in [5, 5.41) is 6.56. The zero-order valence-corrected chi connectivity index (χ0v) is 12.6. The van der Waals surface area contributed by atoms with E-state index in [1.54, 1.807) is 6.20 Å². The van der Waals surface area contributed by atoms with E-state index in [2.05, 4.69) is 27.5 Å². The third-order valence-electron chi connectivity index (χ3n) is 3.40. The van der Waals surface area contributed by atoms with Crippen LogP contribution in [0, 0.1) is 0 Å². The maximum atomic E-state index is 5.74. The molecule has 114 valence electrons. The maximum Gasteiger partial charge on any atom is 0.213 e. The van der Waals surface area contributed by atoms with Gasteiger partial charge in [0.15, 0.2) is 5.96 Å². The van der Waals surface area contributed by atoms with Crippen molar-refractivity contribution in [3.05, 3.63) is 59.8 Å². The lowest BCUT2D eigenvalue weighted by atomic mass is 10.2. The van der Waals surface area contributed by atoms with Crippen LogP contribution in [0.25, 0.3) is 0 Å². The van der Waals surface area contributed by atoms with E-state index in [1.807, 2.05) is 42.5 Å². The predicted octanol–water partition coefficient (Wildman–Crippen LogP) is 2.10. The first-order chi connectivity index (χ1) is 10.8. The van der Waals surface area contributed by atoms with Gasteiger partial charge in [-0.15, -0.1) is 0 Å². The Bertz CT molecular complexity index is 642. The summed E-state index contributed by atoms with van der Waals surface area (Å²) in [5.41, 5.74) is 2.24. The molecule has 0 aliphatic carbocycles. The average molecular weight is 296 g/mol. The van der Waals surface area contributed by atoms with Crippen molar-refractivity contribution in [2.24, 2.45) is 4.99 Å². The highest BCUT2D eigenvalue weighted by molar-refractivity contribution is 5.81. The van der Waals surface area contributed by atoms with Gasteiger partial charge in [0.1, 0.15) is 6.61 Å². The molecule has 1 unspecified atom stereocenters. The highest BCUT2D eigenvalue weighted by atomic mass is 16.5. The lowest BCUT2D eigenvalue weighted by Gasteiger charge is -2.10. The first kappa shape index (κ1) is 14.4. The van der Waals surface area contributed by atoms with Crippen LogP contribution < -0.4 is 15.4 Å². The minimum atomic E-state index is 0.407. The summed E-state index contributed by atoms with van der Waals surface area (Å²) in [6.45, 7) is 4.16. The fourth-order valence-corrected chi connectivity index (χ4v) is 2.22. The number of hydrogen-bond acceptors (Lipinski definition) is 5. The number of aliphatic imine (C=N–C) groups is 1. The van der Waals surface area contributed by atoms with Crippen LogP contribution in [0.1, 0.15) is 18.1 Å². The maximum absolute atomic E-state index is 5.74. The fourth-order valence-electron chi connectivity index (χ4n) is 2.22. The Hall–Kier alpha value is -2.56. The molecule has 0 saturated heterocycles. The number of hydrogen-bond donors (Lipinski definition) is 2. The van der Waals surface area contributed by atoms with Crippen LogP contribution in [0.5, 0.6) is 5.88 Å². The molecule has 0 radical (unpaired) electrons. The standard InChI is InChI=1S/C17H20N4O/c1-13-10-19-17(21-13)20-11-15-7-8-18-16(9-15)22-12-14-5-3-2-4-6-14/h2-9,13H,10-12H2,1H3,(H2,19,20,21). The molecule has 2 N–H and O–H groups in total. The summed E-state index contributed by atoms with van der Waals surface area (Å²) in [6, 6.07) is 14.4. The van der Waals surface area contributed by atoms with Gasteiger partial charge in [-0.3, -0.25) is 4.99 Å². The zero-order chi connectivity index (χ0) is 15.2. The van der Waals surface area contributed by atoms with Crippen molar-refractivity contribution in [3.63, 3.8) is 0 Å². The Balaban J connectivity index is 1.53. The van der Waals surface area contributed by atoms with Gasteiger partial charge in [-0.05, 0) is 24.1 Å². The first-order valence-corrected chi connectivity index (χ1v) is 7.46. The number of aromatic nitrogens is 1. The van der Waals surface area contributed by atoms with Crippen LogP contribution in [-0.4, -0.2) is 23.5 Å². The molecular formula is C17H20N4O. The molecule has 0 bridgehead atoms. The molecule has 1 aromatic carbocycles. The SMILES string of the molecule is CC1CN=C(NCc2ccnc(OCc3ccccc3)c2)N1. The molecule has 0 saturated carbocycles. The van der Waals surface area contributed by atoms with Crippen molar-refractivity contribution in [1.29, 1.82) is 0 Å². The van der Waals surface area contributed by atoms with Gasteiger partial charge in [-0.25, -0.2) is 4.98 Å². The Morgan fingerprint density at radius 2 is 2.09 bits per heavy atom. The van der Waals surface area contributed by atoms with E-state index in [9.17, 15) is 0 Å². The first-order valence-electron chi connectivity index (χ1n) is 7.46. The number of ether oxygens (including phenoxy) is 1. The molecule has 3 rings (SSSR count). The van der Waals surface area contributed by atoms with Gasteiger partial charge < -0.3 is 15.4 Å². The van der Waals surface area contributed by atoms with Crippen LogP contribution in [0.15, 0.2) is 53.7 Å². The molecule has 0 fully saturated rings. The van der Waals surface area contributed by atoms with Crippen molar-refractivity contribution >= 4 is 5.96 Å². The van der Waals surface area contributed by atoms with Crippen molar-refractivity contribution in [3.8, 4) is 5.88 Å². The lowest BCUT2D eigenvalue weighted by Crippen LogP contribution is -2.37. The summed E-state index contributed by atoms with van der Waals surface area (Å²) in [5.74, 6) is 1.49. The molecule has 2 aromatic rings. The van der Waals surface area contributed by atoms with E-state index in [0.717, 1.165) is 23.6 Å². The molecule has 5 heteroatoms. The molecule has 0 spiro atoms. The number of benzene rings is 1. The van der Waals surface area contributed by atoms with Gasteiger partial charge in [0.25, 0.3) is 0 Å². The topological polar surface area (TPSA) is 58.5 Å². The molecule has 5 nitrogen and oxygen atoms in total. The number of rotatable bonds is 5. The molecular weight excluding hydrogens is 276 g/mol. The quantitative estimate of drug-likeness (QED) is 0.887. The summed E-state index contributed by atoms with van der Waals surface area (Å²) in [7, 11) is 0. The Kier molecular flexibility index (Phi) is 4.53. The summed E-state index contributed by atoms with van der Waals surface area (Å²) >= 11 is 0. The molecule has 22 heavy (non-hydrogen) atoms. The molecule has 0 amide bonds. The Morgan fingerprint density at radius 1 is 1.23 bits per heavy atom. The van der Waals surface area contributed by atoms with Crippen molar-refractivity contribution in [2.45, 2.75) is 26.1 Å². The van der Waals surface area contributed by atoms with Crippen LogP contribution in [0.2, 0.25) is 0 Å². The smallest absolute Gasteiger partial charge is 0.213 e. The average Bonchev–Trinajstić information content (AvgIpc) is 2.98. The van der Waals surface area contributed by atoms with Gasteiger partial charge in [-0.1, -0.05) is 30.3 Å². The number of nitrogens with zero attached hydrogens (tertiary/aromatic N) is 2. The molecule has 1 aliphatic heterocycles. The number of nitrogens with one attached hydrogen (secondary N) is 2. The van der Waals surface area contributed by atoms with Crippen LogP contribution in [-0.2, 0) is 13.2 Å². The number of guanidine groups is 1. The third kappa shape index (κ3) is 3.97. The zero-order valence-electron chi connectivity index (χ0n) is 12.6. The van der Waals surface area contributed by atoms with Crippen molar-refractivity contribution < 1.29 is 4.74 Å². The lowest BCUT2D eigenvalue weighted by molar-refractivity contribution is 0.293. The summed E-state index contributed by atoms with van der Waals surface area (Å²) < 4.78 is 5.74. The molecule has 2 heterocycles. The monoisotopic (exact) mass is 296 g/mol. The van der Waals surface area contributed by atoms with Gasteiger partial charge in [0.05, 0.1) is 6.54 Å². The molecule has 1 atom stereocenters. The minimum absolute atomic E-state index is 0.407. The molecule has 1 aliphatic rings. The fraction of sp³-hybridized carbons (Fsp3) is 0.294. The van der Waals surface area contributed by atoms with E-state index in [1.165, 1.54) is 0 Å². The van der Waals surface area contributed by atoms with Gasteiger partial charge >= 0.3 is 0 Å². The highest BCUT2D eigenvalue weighted by Gasteiger charge is 2.11. The van der Waals surface area contributed by atoms with E-state index < -0.39 is 0 Å². The van der Waals surface area contributed by atoms with Crippen LogP contribution >= 0.6 is 0 Å². The molecule has 1 aromatic heterocycles. The second-order valence-corrected chi connectivity index (χ2v) is 5.36. The minimum Gasteiger partial charge on any atom is -0.473 e. The third-order valence-corrected chi connectivity index (χ3v) is 3.40. The van der Waals surface area contributed by atoms with Crippen LogP contribution in [0.4, 0.5) is 0 Å². The van der Waals surface area contributed by atoms with Gasteiger partial charge in [0, 0.05) is 24.8 Å². The predicted molar refractivity (Wildman–Crippen MR) is 86.8 cm³/mol. The Morgan fingerprint density at radius 3 is 2.86 bits per heavy atom. The second-order valence-electron chi connectivity index (χ2n) is 5.36. The highest BCUT2D eigenvalue weighted by Crippen LogP contribution is 2.11. The summed E-state index contributed by atoms with van der Waals surface area (Å²) in [4.78, 5) is 8.63. The van der Waals surface area contributed by atoms with E-state index >= 15 is 0 Å². The van der Waals surface area contributed by atoms with Crippen molar-refractivity contribution in [1.82, 2.24) is 15.6 Å². The van der Waals surface area contributed by atoms with Gasteiger partial charge in [0.2, 0.25) is 5.88 Å². The van der Waals surface area contributed by atoms with Gasteiger partial charge in [-0.2, -0.15) is 0 Å². The normalized spacial score (nSPS) is 16.8.